The molecular weight excluding hydrogens is 336 g/mol. The molecule has 0 aromatic heterocycles. The smallest absolute Gasteiger partial charge is 0.186 e. The third kappa shape index (κ3) is 3.53. The molecule has 23 heavy (non-hydrogen) atoms. The monoisotopic (exact) mass is 355 g/mol. The number of rotatable bonds is 4. The molecule has 126 valence electrons. The van der Waals surface area contributed by atoms with Gasteiger partial charge in [0.15, 0.2) is 5.06 Å². The van der Waals surface area contributed by atoms with E-state index in [1.165, 1.54) is 13.2 Å². The summed E-state index contributed by atoms with van der Waals surface area (Å²) in [5.74, 6) is -0.147. The molecule has 0 saturated heterocycles. The fourth-order valence-electron chi connectivity index (χ4n) is 2.80. The molecule has 0 radical (unpaired) electrons. The van der Waals surface area contributed by atoms with Gasteiger partial charge in [-0.15, -0.1) is 0 Å². The van der Waals surface area contributed by atoms with Crippen molar-refractivity contribution in [2.75, 3.05) is 7.11 Å². The Morgan fingerprint density at radius 2 is 1.91 bits per heavy atom. The highest BCUT2D eigenvalue weighted by Crippen LogP contribution is 2.44. The first-order chi connectivity index (χ1) is 10.6. The average Bonchev–Trinajstić information content (AvgIpc) is 2.46. The Kier molecular flexibility index (Phi) is 5.06. The van der Waals surface area contributed by atoms with Crippen LogP contribution in [0.15, 0.2) is 42.0 Å². The van der Waals surface area contributed by atoms with Crippen LogP contribution in [0.3, 0.4) is 0 Å². The van der Waals surface area contributed by atoms with Crippen molar-refractivity contribution in [2.24, 2.45) is 5.92 Å². The second-order valence-corrected chi connectivity index (χ2v) is 8.01. The normalized spacial score (nSPS) is 25.3. The molecule has 6 heteroatoms. The molecule has 1 aromatic rings. The van der Waals surface area contributed by atoms with Gasteiger partial charge in [0.25, 0.3) is 0 Å². The Hall–Kier alpha value is -1.14. The summed E-state index contributed by atoms with van der Waals surface area (Å²) in [7, 11) is -3.08. The molecule has 1 aliphatic carbocycles. The van der Waals surface area contributed by atoms with E-state index in [1.807, 2.05) is 45.0 Å². The van der Waals surface area contributed by atoms with Gasteiger partial charge in [0.2, 0.25) is 0 Å². The van der Waals surface area contributed by atoms with Gasteiger partial charge >= 0.3 is 0 Å². The molecule has 2 unspecified atom stereocenters. The molecule has 0 aliphatic heterocycles. The molecule has 0 spiro atoms. The molecule has 0 amide bonds. The SMILES string of the molecule is COC1(Cl)C=C(C(C)C)C(S(=O)(=O)[O-])C=C1c1ccccc1C. The lowest BCUT2D eigenvalue weighted by atomic mass is 9.85. The van der Waals surface area contributed by atoms with Gasteiger partial charge in [-0.25, -0.2) is 8.42 Å². The number of alkyl halides is 1. The highest BCUT2D eigenvalue weighted by molar-refractivity contribution is 7.86. The molecule has 0 fully saturated rings. The van der Waals surface area contributed by atoms with E-state index in [1.54, 1.807) is 6.08 Å². The molecule has 4 nitrogen and oxygen atoms in total. The molecule has 1 aliphatic rings. The van der Waals surface area contributed by atoms with Crippen molar-refractivity contribution < 1.29 is 17.7 Å². The highest BCUT2D eigenvalue weighted by Gasteiger charge is 2.39. The van der Waals surface area contributed by atoms with E-state index in [0.29, 0.717) is 11.1 Å². The van der Waals surface area contributed by atoms with Crippen LogP contribution in [-0.4, -0.2) is 30.4 Å². The van der Waals surface area contributed by atoms with E-state index in [-0.39, 0.29) is 5.92 Å². The van der Waals surface area contributed by atoms with Crippen molar-refractivity contribution in [3.8, 4) is 0 Å². The van der Waals surface area contributed by atoms with E-state index in [2.05, 4.69) is 0 Å². The Bertz CT molecular complexity index is 765. The largest absolute Gasteiger partial charge is 0.747 e. The maximum absolute atomic E-state index is 11.7. The number of ether oxygens (including phenoxy) is 1. The van der Waals surface area contributed by atoms with Crippen LogP contribution >= 0.6 is 11.6 Å². The maximum Gasteiger partial charge on any atom is 0.186 e. The van der Waals surface area contributed by atoms with Gasteiger partial charge in [-0.05, 0) is 35.6 Å². The van der Waals surface area contributed by atoms with Gasteiger partial charge in [-0.2, -0.15) is 0 Å². The van der Waals surface area contributed by atoms with Crippen molar-refractivity contribution in [3.05, 3.63) is 53.1 Å². The van der Waals surface area contributed by atoms with Gasteiger partial charge in [-0.3, -0.25) is 0 Å². The van der Waals surface area contributed by atoms with Gasteiger partial charge in [0, 0.05) is 12.7 Å². The number of benzene rings is 1. The van der Waals surface area contributed by atoms with Crippen molar-refractivity contribution in [1.82, 2.24) is 0 Å². The summed E-state index contributed by atoms with van der Waals surface area (Å²) in [6.45, 7) is 5.54. The quantitative estimate of drug-likeness (QED) is 0.471. The van der Waals surface area contributed by atoms with Crippen LogP contribution in [0.1, 0.15) is 25.0 Å². The Morgan fingerprint density at radius 1 is 1.30 bits per heavy atom. The molecule has 2 rings (SSSR count). The molecule has 0 heterocycles. The number of hydrogen-bond donors (Lipinski definition) is 0. The van der Waals surface area contributed by atoms with E-state index < -0.39 is 20.4 Å². The first-order valence-corrected chi connectivity index (χ1v) is 9.15. The van der Waals surface area contributed by atoms with Crippen LogP contribution in [0.25, 0.3) is 5.57 Å². The fourth-order valence-corrected chi connectivity index (χ4v) is 4.07. The minimum Gasteiger partial charge on any atom is -0.747 e. The highest BCUT2D eigenvalue weighted by atomic mass is 35.5. The van der Waals surface area contributed by atoms with Crippen LogP contribution in [0.5, 0.6) is 0 Å². The van der Waals surface area contributed by atoms with Crippen LogP contribution < -0.4 is 0 Å². The van der Waals surface area contributed by atoms with Crippen LogP contribution in [0.4, 0.5) is 0 Å². The number of methoxy groups -OCH3 is 1. The van der Waals surface area contributed by atoms with E-state index in [4.69, 9.17) is 16.3 Å². The molecule has 2 atom stereocenters. The lowest BCUT2D eigenvalue weighted by Crippen LogP contribution is -2.35. The Labute approximate surface area is 142 Å². The number of hydrogen-bond acceptors (Lipinski definition) is 4. The van der Waals surface area contributed by atoms with E-state index in [9.17, 15) is 13.0 Å². The van der Waals surface area contributed by atoms with Gasteiger partial charge in [0.05, 0.1) is 5.25 Å². The fraction of sp³-hybridized carbons (Fsp3) is 0.412. The third-order valence-corrected chi connectivity index (χ3v) is 5.57. The van der Waals surface area contributed by atoms with Crippen LogP contribution in [-0.2, 0) is 14.9 Å². The topological polar surface area (TPSA) is 66.4 Å². The lowest BCUT2D eigenvalue weighted by Gasteiger charge is -2.36. The second kappa shape index (κ2) is 6.40. The standard InChI is InChI=1S/C17H21ClO4S/c1-11(2)14-10-17(18,22-4)15(9-16(14)23(19,20)21)13-8-6-5-7-12(13)3/h5-11,16H,1-4H3,(H,19,20,21)/p-1. The molecule has 0 saturated carbocycles. The summed E-state index contributed by atoms with van der Waals surface area (Å²) in [5.41, 5.74) is 2.61. The minimum absolute atomic E-state index is 0.147. The van der Waals surface area contributed by atoms with Gasteiger partial charge < -0.3 is 9.29 Å². The molecule has 1 aromatic carbocycles. The summed E-state index contributed by atoms with van der Waals surface area (Å²) >= 11 is 6.62. The predicted molar refractivity (Wildman–Crippen MR) is 91.2 cm³/mol. The number of aryl methyl sites for hydroxylation is 1. The Morgan fingerprint density at radius 3 is 2.39 bits per heavy atom. The third-order valence-electron chi connectivity index (χ3n) is 4.08. The predicted octanol–water partition coefficient (Wildman–Crippen LogP) is 3.47. The first-order valence-electron chi connectivity index (χ1n) is 7.30. The lowest BCUT2D eigenvalue weighted by molar-refractivity contribution is 0.149. The number of halogens is 1. The van der Waals surface area contributed by atoms with Crippen LogP contribution in [0, 0.1) is 12.8 Å². The molecular formula is C17H20ClO4S-. The summed E-state index contributed by atoms with van der Waals surface area (Å²) < 4.78 is 40.7. The average molecular weight is 356 g/mol. The second-order valence-electron chi connectivity index (χ2n) is 5.96. The van der Waals surface area contributed by atoms with E-state index >= 15 is 0 Å². The Balaban J connectivity index is 2.72. The summed E-state index contributed by atoms with van der Waals surface area (Å²) in [5, 5.41) is -2.54. The van der Waals surface area contributed by atoms with Gasteiger partial charge in [-0.1, -0.05) is 55.8 Å². The zero-order valence-corrected chi connectivity index (χ0v) is 15.1. The summed E-state index contributed by atoms with van der Waals surface area (Å²) in [4.78, 5) is 0. The van der Waals surface area contributed by atoms with Crippen LogP contribution in [0.2, 0.25) is 0 Å². The van der Waals surface area contributed by atoms with Crippen molar-refractivity contribution in [1.29, 1.82) is 0 Å². The van der Waals surface area contributed by atoms with Crippen molar-refractivity contribution in [3.63, 3.8) is 0 Å². The van der Waals surface area contributed by atoms with Crippen molar-refractivity contribution in [2.45, 2.75) is 31.1 Å². The molecule has 0 bridgehead atoms. The summed E-state index contributed by atoms with van der Waals surface area (Å²) in [6.07, 6.45) is 2.98. The zero-order valence-electron chi connectivity index (χ0n) is 13.5. The summed E-state index contributed by atoms with van der Waals surface area (Å²) in [6, 6.07) is 7.44. The zero-order chi connectivity index (χ0) is 17.4. The first kappa shape index (κ1) is 18.2. The van der Waals surface area contributed by atoms with Gasteiger partial charge in [0.1, 0.15) is 10.1 Å². The molecule has 0 N–H and O–H groups in total. The maximum atomic E-state index is 11.7. The van der Waals surface area contributed by atoms with Crippen molar-refractivity contribution >= 4 is 27.3 Å². The van der Waals surface area contributed by atoms with E-state index in [0.717, 1.165) is 11.1 Å². The minimum atomic E-state index is -4.54.